The minimum atomic E-state index is -0.454. The zero-order valence-electron chi connectivity index (χ0n) is 20.7. The van der Waals surface area contributed by atoms with Gasteiger partial charge in [0.2, 0.25) is 5.54 Å². The highest BCUT2D eigenvalue weighted by Crippen LogP contribution is 2.42. The van der Waals surface area contributed by atoms with Crippen LogP contribution in [0.1, 0.15) is 50.3 Å². The number of nitrogens with zero attached hydrogens (tertiary/aromatic N) is 4. The lowest BCUT2D eigenvalue weighted by molar-refractivity contribution is -0.646. The average Bonchev–Trinajstić information content (AvgIpc) is 3.14. The van der Waals surface area contributed by atoms with Crippen molar-refractivity contribution in [3.63, 3.8) is 0 Å². The van der Waals surface area contributed by atoms with Gasteiger partial charge in [0.1, 0.15) is 5.52 Å². The van der Waals surface area contributed by atoms with Gasteiger partial charge in [0.15, 0.2) is 5.52 Å². The van der Waals surface area contributed by atoms with E-state index in [4.69, 9.17) is 11.6 Å². The van der Waals surface area contributed by atoms with Gasteiger partial charge in [-0.3, -0.25) is 0 Å². The zero-order valence-corrected chi connectivity index (χ0v) is 20.7. The predicted octanol–water partition coefficient (Wildman–Crippen LogP) is 6.88. The van der Waals surface area contributed by atoms with Crippen LogP contribution in [0.3, 0.4) is 0 Å². The SMILES string of the molecule is [C-]#[N+]C(C)(C)Cc1cc2nc[n+](C)c3c4c(C)ccc5c6c(C(C)C)cccc6n(c(c1)c23)c54. The number of pyridine rings is 1. The van der Waals surface area contributed by atoms with Gasteiger partial charge in [-0.25, -0.2) is 11.1 Å². The molecule has 0 spiro atoms. The van der Waals surface area contributed by atoms with E-state index in [1.54, 1.807) is 0 Å². The monoisotopic (exact) mass is 445 g/mol. The molecule has 0 aliphatic rings. The van der Waals surface area contributed by atoms with Gasteiger partial charge in [0.25, 0.3) is 6.33 Å². The van der Waals surface area contributed by atoms with Crippen LogP contribution >= 0.6 is 0 Å². The zero-order chi connectivity index (χ0) is 23.9. The largest absolute Gasteiger partial charge is 0.311 e. The van der Waals surface area contributed by atoms with Crippen LogP contribution in [0, 0.1) is 13.5 Å². The molecule has 6 rings (SSSR count). The first-order valence-corrected chi connectivity index (χ1v) is 12.0. The normalized spacial score (nSPS) is 12.8. The second-order valence-electron chi connectivity index (χ2n) is 10.7. The van der Waals surface area contributed by atoms with E-state index in [0.29, 0.717) is 12.3 Å². The highest BCUT2D eigenvalue weighted by atomic mass is 15.0. The number of aromatic nitrogens is 3. The van der Waals surface area contributed by atoms with E-state index in [1.165, 1.54) is 54.7 Å². The lowest BCUT2D eigenvalue weighted by Crippen LogP contribution is -2.30. The Labute approximate surface area is 199 Å². The molecule has 3 aromatic heterocycles. The third kappa shape index (κ3) is 2.70. The molecular formula is C30H29N4+. The molecule has 3 aromatic carbocycles. The topological polar surface area (TPSA) is 25.5 Å². The van der Waals surface area contributed by atoms with E-state index < -0.39 is 5.54 Å². The fraction of sp³-hybridized carbons (Fsp3) is 0.300. The molecule has 0 bridgehead atoms. The molecule has 4 heteroatoms. The summed E-state index contributed by atoms with van der Waals surface area (Å²) < 4.78 is 4.63. The fourth-order valence-electron chi connectivity index (χ4n) is 5.83. The second-order valence-corrected chi connectivity index (χ2v) is 10.7. The maximum atomic E-state index is 7.65. The first-order valence-electron chi connectivity index (χ1n) is 12.0. The standard InChI is InChI=1S/C30H29N4/c1-17(2)20-9-8-10-23-26(20)21-12-11-18(3)25-28(21)34(23)24-14-19(15-30(4,5)31-6)13-22-27(24)29(25)33(7)16-32-22/h8-14,16-17H,15H2,1-5,7H3/q+1. The van der Waals surface area contributed by atoms with Crippen molar-refractivity contribution in [2.75, 3.05) is 0 Å². The Morgan fingerprint density at radius 3 is 2.59 bits per heavy atom. The van der Waals surface area contributed by atoms with Crippen LogP contribution in [-0.4, -0.2) is 14.9 Å². The van der Waals surface area contributed by atoms with Gasteiger partial charge in [0, 0.05) is 30.0 Å². The molecule has 0 atom stereocenters. The quantitative estimate of drug-likeness (QED) is 0.126. The Kier molecular flexibility index (Phi) is 4.23. The summed E-state index contributed by atoms with van der Waals surface area (Å²) in [6.07, 6.45) is 2.62. The molecule has 34 heavy (non-hydrogen) atoms. The lowest BCUT2D eigenvalue weighted by atomic mass is 9.93. The first kappa shape index (κ1) is 20.9. The molecule has 0 fully saturated rings. The van der Waals surface area contributed by atoms with Gasteiger partial charge in [0.05, 0.1) is 35.4 Å². The summed E-state index contributed by atoms with van der Waals surface area (Å²) in [7, 11) is 2.09. The van der Waals surface area contributed by atoms with Crippen molar-refractivity contribution >= 4 is 49.1 Å². The molecule has 6 aromatic rings. The molecule has 0 aliphatic heterocycles. The third-order valence-electron chi connectivity index (χ3n) is 7.35. The summed E-state index contributed by atoms with van der Waals surface area (Å²) in [6.45, 7) is 18.4. The Hall–Kier alpha value is -3.71. The molecule has 0 saturated heterocycles. The molecule has 4 nitrogen and oxygen atoms in total. The van der Waals surface area contributed by atoms with Crippen molar-refractivity contribution in [2.24, 2.45) is 7.05 Å². The highest BCUT2D eigenvalue weighted by Gasteiger charge is 2.28. The molecule has 3 heterocycles. The number of hydrogen-bond acceptors (Lipinski definition) is 1. The minimum Gasteiger partial charge on any atom is -0.311 e. The van der Waals surface area contributed by atoms with Crippen molar-refractivity contribution < 1.29 is 4.57 Å². The second kappa shape index (κ2) is 6.90. The molecule has 0 saturated carbocycles. The highest BCUT2D eigenvalue weighted by molar-refractivity contribution is 6.26. The van der Waals surface area contributed by atoms with Crippen molar-refractivity contribution in [3.05, 3.63) is 76.9 Å². The number of benzene rings is 3. The molecule has 0 amide bonds. The number of aryl methyl sites for hydroxylation is 2. The summed E-state index contributed by atoms with van der Waals surface area (Å²) in [5.74, 6) is 0.430. The van der Waals surface area contributed by atoms with Crippen LogP contribution in [0.25, 0.3) is 54.0 Å². The average molecular weight is 446 g/mol. The first-order chi connectivity index (χ1) is 16.2. The summed E-state index contributed by atoms with van der Waals surface area (Å²) in [6, 6.07) is 15.8. The van der Waals surface area contributed by atoms with Gasteiger partial charge in [-0.05, 0) is 52.7 Å². The summed E-state index contributed by atoms with van der Waals surface area (Å²) >= 11 is 0. The maximum Gasteiger partial charge on any atom is 0.287 e. The Morgan fingerprint density at radius 2 is 1.85 bits per heavy atom. The maximum absolute atomic E-state index is 7.65. The minimum absolute atomic E-state index is 0.430. The van der Waals surface area contributed by atoms with Crippen LogP contribution < -0.4 is 4.57 Å². The van der Waals surface area contributed by atoms with Crippen molar-refractivity contribution in [1.82, 2.24) is 9.38 Å². The Balaban J connectivity index is 1.94. The van der Waals surface area contributed by atoms with Crippen LogP contribution in [0.15, 0.2) is 48.8 Å². The smallest absolute Gasteiger partial charge is 0.287 e. The van der Waals surface area contributed by atoms with Crippen molar-refractivity contribution in [1.29, 1.82) is 0 Å². The molecular weight excluding hydrogens is 416 g/mol. The number of rotatable bonds is 3. The van der Waals surface area contributed by atoms with E-state index >= 15 is 0 Å². The van der Waals surface area contributed by atoms with Crippen LogP contribution in [0.5, 0.6) is 0 Å². The van der Waals surface area contributed by atoms with E-state index in [-0.39, 0.29) is 0 Å². The van der Waals surface area contributed by atoms with E-state index in [0.717, 1.165) is 11.1 Å². The van der Waals surface area contributed by atoms with Crippen molar-refractivity contribution in [3.8, 4) is 0 Å². The van der Waals surface area contributed by atoms with Gasteiger partial charge in [-0.2, -0.15) is 0 Å². The molecule has 0 radical (unpaired) electrons. The van der Waals surface area contributed by atoms with Gasteiger partial charge in [-0.15, -0.1) is 0 Å². The van der Waals surface area contributed by atoms with Crippen LogP contribution in [0.2, 0.25) is 0 Å². The molecule has 168 valence electrons. The number of fused-ring (bicyclic) bond motifs is 5. The van der Waals surface area contributed by atoms with Gasteiger partial charge < -0.3 is 9.25 Å². The number of hydrogen-bond donors (Lipinski definition) is 0. The van der Waals surface area contributed by atoms with Crippen LogP contribution in [0.4, 0.5) is 0 Å². The molecule has 0 aliphatic carbocycles. The van der Waals surface area contributed by atoms with Gasteiger partial charge >= 0.3 is 0 Å². The fourth-order valence-corrected chi connectivity index (χ4v) is 5.83. The van der Waals surface area contributed by atoms with Crippen molar-refractivity contribution in [2.45, 2.75) is 52.5 Å². The van der Waals surface area contributed by atoms with Crippen LogP contribution in [-0.2, 0) is 13.5 Å². The Bertz CT molecular complexity index is 1810. The lowest BCUT2D eigenvalue weighted by Gasteiger charge is -2.15. The molecule has 0 N–H and O–H groups in total. The predicted molar refractivity (Wildman–Crippen MR) is 141 cm³/mol. The summed E-state index contributed by atoms with van der Waals surface area (Å²) in [5, 5.41) is 5.13. The summed E-state index contributed by atoms with van der Waals surface area (Å²) in [5.41, 5.74) is 9.26. The Morgan fingerprint density at radius 1 is 1.06 bits per heavy atom. The summed E-state index contributed by atoms with van der Waals surface area (Å²) in [4.78, 5) is 8.72. The molecule has 0 unspecified atom stereocenters. The van der Waals surface area contributed by atoms with E-state index in [2.05, 4.69) is 84.1 Å². The third-order valence-corrected chi connectivity index (χ3v) is 7.35. The van der Waals surface area contributed by atoms with Gasteiger partial charge in [-0.1, -0.05) is 38.1 Å². The van der Waals surface area contributed by atoms with E-state index in [1.807, 2.05) is 20.2 Å². The van der Waals surface area contributed by atoms with E-state index in [9.17, 15) is 0 Å².